The van der Waals surface area contributed by atoms with Crippen molar-refractivity contribution in [2.75, 3.05) is 7.11 Å². The Hall–Kier alpha value is -2.80. The highest BCUT2D eigenvalue weighted by Gasteiger charge is 2.21. The highest BCUT2D eigenvalue weighted by Crippen LogP contribution is 2.43. The fraction of sp³-hybridized carbons (Fsp3) is 0.182. The third kappa shape index (κ3) is 3.49. The molecule has 0 unspecified atom stereocenters. The van der Waals surface area contributed by atoms with E-state index < -0.39 is 5.82 Å². The van der Waals surface area contributed by atoms with Crippen LogP contribution in [-0.4, -0.2) is 7.11 Å². The van der Waals surface area contributed by atoms with E-state index in [1.807, 2.05) is 0 Å². The van der Waals surface area contributed by atoms with E-state index in [1.54, 1.807) is 24.3 Å². The number of rotatable bonds is 6. The number of nitrogens with two attached hydrogens (primary N) is 3. The number of hydrogen-bond donors (Lipinski definition) is 3. The SMILES string of the molecule is COc1c(-c2cccc(F)c2CN)c[c]c(CN)c1-c1ccc(F)cc1CN. The van der Waals surface area contributed by atoms with Crippen LogP contribution in [0.5, 0.6) is 5.75 Å². The van der Waals surface area contributed by atoms with E-state index in [0.29, 0.717) is 44.7 Å². The molecular formula is C22H22F2N3O. The maximum atomic E-state index is 14.3. The molecule has 0 heterocycles. The van der Waals surface area contributed by atoms with Crippen molar-refractivity contribution in [3.8, 4) is 28.0 Å². The molecule has 0 aliphatic heterocycles. The van der Waals surface area contributed by atoms with Crippen LogP contribution in [0, 0.1) is 17.7 Å². The summed E-state index contributed by atoms with van der Waals surface area (Å²) < 4.78 is 33.7. The van der Waals surface area contributed by atoms with Crippen LogP contribution in [0.4, 0.5) is 8.78 Å². The molecule has 0 saturated carbocycles. The van der Waals surface area contributed by atoms with E-state index in [1.165, 1.54) is 25.3 Å². The maximum absolute atomic E-state index is 14.3. The largest absolute Gasteiger partial charge is 0.495 e. The third-order valence-electron chi connectivity index (χ3n) is 4.74. The van der Waals surface area contributed by atoms with Crippen molar-refractivity contribution in [1.29, 1.82) is 0 Å². The zero-order valence-corrected chi connectivity index (χ0v) is 15.6. The highest BCUT2D eigenvalue weighted by molar-refractivity contribution is 5.86. The van der Waals surface area contributed by atoms with Gasteiger partial charge in [0.15, 0.2) is 0 Å². The molecule has 0 amide bonds. The predicted octanol–water partition coefficient (Wildman–Crippen LogP) is 3.48. The van der Waals surface area contributed by atoms with E-state index >= 15 is 0 Å². The zero-order valence-electron chi connectivity index (χ0n) is 15.6. The zero-order chi connectivity index (χ0) is 20.3. The summed E-state index contributed by atoms with van der Waals surface area (Å²) in [6.45, 7) is 0.364. The number of methoxy groups -OCH3 is 1. The smallest absolute Gasteiger partial charge is 0.134 e. The van der Waals surface area contributed by atoms with Crippen LogP contribution in [0.1, 0.15) is 16.7 Å². The minimum atomic E-state index is -0.393. The molecule has 3 rings (SSSR count). The van der Waals surface area contributed by atoms with Gasteiger partial charge in [0, 0.05) is 36.3 Å². The Bertz CT molecular complexity index is 1010. The Labute approximate surface area is 162 Å². The molecular weight excluding hydrogens is 360 g/mol. The van der Waals surface area contributed by atoms with Crippen molar-refractivity contribution >= 4 is 0 Å². The molecule has 3 aromatic rings. The molecule has 0 bridgehead atoms. The van der Waals surface area contributed by atoms with Gasteiger partial charge in [-0.05, 0) is 52.6 Å². The Kier molecular flexibility index (Phi) is 6.04. The first-order valence-electron chi connectivity index (χ1n) is 8.84. The molecule has 4 nitrogen and oxygen atoms in total. The number of halogens is 2. The lowest BCUT2D eigenvalue weighted by molar-refractivity contribution is 0.417. The average Bonchev–Trinajstić information content (AvgIpc) is 2.72. The van der Waals surface area contributed by atoms with Crippen LogP contribution in [0.2, 0.25) is 0 Å². The molecule has 145 valence electrons. The van der Waals surface area contributed by atoms with Gasteiger partial charge in [-0.2, -0.15) is 0 Å². The Balaban J connectivity index is 2.36. The summed E-state index contributed by atoms with van der Waals surface area (Å²) >= 11 is 0. The van der Waals surface area contributed by atoms with Gasteiger partial charge in [0.2, 0.25) is 0 Å². The van der Waals surface area contributed by atoms with Gasteiger partial charge in [-0.3, -0.25) is 0 Å². The Morgan fingerprint density at radius 1 is 0.929 bits per heavy atom. The van der Waals surface area contributed by atoms with E-state index in [2.05, 4.69) is 6.07 Å². The quantitative estimate of drug-likeness (QED) is 0.609. The predicted molar refractivity (Wildman–Crippen MR) is 106 cm³/mol. The van der Waals surface area contributed by atoms with Gasteiger partial charge in [-0.25, -0.2) is 8.78 Å². The van der Waals surface area contributed by atoms with E-state index in [4.69, 9.17) is 21.9 Å². The molecule has 0 aliphatic rings. The summed E-state index contributed by atoms with van der Waals surface area (Å²) in [7, 11) is 1.52. The first-order chi connectivity index (χ1) is 13.5. The molecule has 0 aliphatic carbocycles. The maximum Gasteiger partial charge on any atom is 0.134 e. The summed E-state index contributed by atoms with van der Waals surface area (Å²) in [6, 6.07) is 14.0. The first kappa shape index (κ1) is 19.9. The van der Waals surface area contributed by atoms with Gasteiger partial charge in [-0.1, -0.05) is 18.2 Å². The lowest BCUT2D eigenvalue weighted by atomic mass is 9.89. The van der Waals surface area contributed by atoms with Gasteiger partial charge >= 0.3 is 0 Å². The van der Waals surface area contributed by atoms with Crippen molar-refractivity contribution < 1.29 is 13.5 Å². The van der Waals surface area contributed by atoms with Crippen molar-refractivity contribution in [2.45, 2.75) is 19.6 Å². The van der Waals surface area contributed by atoms with Gasteiger partial charge in [0.1, 0.15) is 17.4 Å². The molecule has 0 spiro atoms. The molecule has 0 aromatic heterocycles. The summed E-state index contributed by atoms with van der Waals surface area (Å²) in [6.07, 6.45) is 0. The van der Waals surface area contributed by atoms with Crippen LogP contribution in [0.3, 0.4) is 0 Å². The van der Waals surface area contributed by atoms with Crippen LogP contribution < -0.4 is 21.9 Å². The molecule has 6 N–H and O–H groups in total. The molecule has 0 atom stereocenters. The average molecular weight is 382 g/mol. The van der Waals surface area contributed by atoms with Gasteiger partial charge < -0.3 is 21.9 Å². The van der Waals surface area contributed by atoms with Crippen LogP contribution in [0.25, 0.3) is 22.3 Å². The normalized spacial score (nSPS) is 10.9. The minimum Gasteiger partial charge on any atom is -0.495 e. The minimum absolute atomic E-state index is 0.0315. The molecule has 28 heavy (non-hydrogen) atoms. The monoisotopic (exact) mass is 382 g/mol. The van der Waals surface area contributed by atoms with E-state index in [9.17, 15) is 8.78 Å². The number of hydrogen-bond acceptors (Lipinski definition) is 4. The second-order valence-corrected chi connectivity index (χ2v) is 6.27. The van der Waals surface area contributed by atoms with Crippen molar-refractivity contribution in [1.82, 2.24) is 0 Å². The van der Waals surface area contributed by atoms with Crippen LogP contribution in [0.15, 0.2) is 42.5 Å². The van der Waals surface area contributed by atoms with Gasteiger partial charge in [-0.15, -0.1) is 0 Å². The standard InChI is InChI=1S/C22H22F2N3O/c1-28-22-18(17-3-2-4-20(24)19(17)12-27)7-5-13(10-25)21(22)16-8-6-15(23)9-14(16)11-26/h2-4,6-9H,10-12,25-27H2,1H3. The first-order valence-corrected chi connectivity index (χ1v) is 8.84. The molecule has 1 radical (unpaired) electrons. The third-order valence-corrected chi connectivity index (χ3v) is 4.74. The second-order valence-electron chi connectivity index (χ2n) is 6.27. The number of benzene rings is 3. The summed E-state index contributed by atoms with van der Waals surface area (Å²) in [4.78, 5) is 0. The van der Waals surface area contributed by atoms with Crippen molar-refractivity contribution in [3.63, 3.8) is 0 Å². The topological polar surface area (TPSA) is 87.3 Å². The number of ether oxygens (including phenoxy) is 1. The Morgan fingerprint density at radius 3 is 2.36 bits per heavy atom. The van der Waals surface area contributed by atoms with Crippen LogP contribution in [-0.2, 0) is 19.6 Å². The molecule has 0 saturated heterocycles. The Morgan fingerprint density at radius 2 is 1.71 bits per heavy atom. The highest BCUT2D eigenvalue weighted by atomic mass is 19.1. The van der Waals surface area contributed by atoms with E-state index in [0.717, 1.165) is 0 Å². The summed E-state index contributed by atoms with van der Waals surface area (Å²) in [5.74, 6) is -0.287. The second kappa shape index (κ2) is 8.48. The molecule has 6 heteroatoms. The fourth-order valence-electron chi connectivity index (χ4n) is 3.42. The summed E-state index contributed by atoms with van der Waals surface area (Å²) in [5, 5.41) is 0. The summed E-state index contributed by atoms with van der Waals surface area (Å²) in [5.41, 5.74) is 21.8. The van der Waals surface area contributed by atoms with E-state index in [-0.39, 0.29) is 25.5 Å². The van der Waals surface area contributed by atoms with Crippen molar-refractivity contribution in [2.24, 2.45) is 17.2 Å². The van der Waals surface area contributed by atoms with Crippen molar-refractivity contribution in [3.05, 3.63) is 76.9 Å². The lowest BCUT2D eigenvalue weighted by Gasteiger charge is -2.20. The fourth-order valence-corrected chi connectivity index (χ4v) is 3.42. The molecule has 3 aromatic carbocycles. The lowest BCUT2D eigenvalue weighted by Crippen LogP contribution is -2.07. The van der Waals surface area contributed by atoms with Gasteiger partial charge in [0.05, 0.1) is 7.11 Å². The van der Waals surface area contributed by atoms with Crippen LogP contribution >= 0.6 is 0 Å². The molecule has 0 fully saturated rings. The van der Waals surface area contributed by atoms with Gasteiger partial charge in [0.25, 0.3) is 0 Å².